The zero-order valence-corrected chi connectivity index (χ0v) is 19.1. The lowest BCUT2D eigenvalue weighted by molar-refractivity contribution is 0.304. The summed E-state index contributed by atoms with van der Waals surface area (Å²) in [6.07, 6.45) is 17.7. The molecule has 0 spiro atoms. The minimum atomic E-state index is 0.812. The number of hydrogen-bond acceptors (Lipinski definition) is 2. The maximum absolute atomic E-state index is 5.91. The SMILES string of the molecule is CCCCCCCCCCCCOc1ccc(C=Cc2ccc3ccccc3n2)cc1. The number of ether oxygens (including phenoxy) is 1. The van der Waals surface area contributed by atoms with Gasteiger partial charge >= 0.3 is 0 Å². The van der Waals surface area contributed by atoms with Gasteiger partial charge in [-0.1, -0.05) is 107 Å². The molecular weight excluding hydrogens is 378 g/mol. The second kappa shape index (κ2) is 13.6. The fourth-order valence-electron chi connectivity index (χ4n) is 3.81. The second-order valence-electron chi connectivity index (χ2n) is 8.36. The topological polar surface area (TPSA) is 22.1 Å². The third-order valence-electron chi connectivity index (χ3n) is 5.71. The molecule has 0 unspecified atom stereocenters. The van der Waals surface area contributed by atoms with Crippen LogP contribution in [0.15, 0.2) is 60.7 Å². The van der Waals surface area contributed by atoms with Gasteiger partial charge in [0.05, 0.1) is 17.8 Å². The van der Waals surface area contributed by atoms with Crippen LogP contribution in [-0.2, 0) is 0 Å². The van der Waals surface area contributed by atoms with Crippen molar-refractivity contribution in [3.63, 3.8) is 0 Å². The summed E-state index contributed by atoms with van der Waals surface area (Å²) < 4.78 is 5.91. The van der Waals surface area contributed by atoms with Crippen LogP contribution in [0.2, 0.25) is 0 Å². The third kappa shape index (κ3) is 8.57. The highest BCUT2D eigenvalue weighted by Crippen LogP contribution is 2.17. The summed E-state index contributed by atoms with van der Waals surface area (Å²) in [6.45, 7) is 3.09. The standard InChI is InChI=1S/C29H37NO/c1-2-3-4-5-6-7-8-9-10-13-24-31-28-22-17-25(18-23-28)16-20-27-21-19-26-14-11-12-15-29(26)30-27/h11-12,14-23H,2-10,13,24H2,1H3. The summed E-state index contributed by atoms with van der Waals surface area (Å²) in [4.78, 5) is 4.69. The van der Waals surface area contributed by atoms with Crippen molar-refractivity contribution in [3.05, 3.63) is 71.9 Å². The minimum absolute atomic E-state index is 0.812. The molecule has 0 saturated heterocycles. The lowest BCUT2D eigenvalue weighted by atomic mass is 10.1. The van der Waals surface area contributed by atoms with E-state index in [0.717, 1.165) is 35.6 Å². The molecule has 0 aliphatic carbocycles. The molecule has 2 aromatic carbocycles. The maximum Gasteiger partial charge on any atom is 0.119 e. The molecule has 0 saturated carbocycles. The number of unbranched alkanes of at least 4 members (excludes halogenated alkanes) is 9. The lowest BCUT2D eigenvalue weighted by Gasteiger charge is -2.06. The van der Waals surface area contributed by atoms with Crippen molar-refractivity contribution in [2.24, 2.45) is 0 Å². The largest absolute Gasteiger partial charge is 0.494 e. The van der Waals surface area contributed by atoms with Gasteiger partial charge in [0.15, 0.2) is 0 Å². The Morgan fingerprint density at radius 3 is 2.10 bits per heavy atom. The number of benzene rings is 2. The number of hydrogen-bond donors (Lipinski definition) is 0. The average Bonchev–Trinajstić information content (AvgIpc) is 2.82. The molecule has 2 nitrogen and oxygen atoms in total. The molecule has 0 N–H and O–H groups in total. The lowest BCUT2D eigenvalue weighted by Crippen LogP contribution is -1.97. The molecule has 3 rings (SSSR count). The Morgan fingerprint density at radius 1 is 0.677 bits per heavy atom. The molecule has 0 aliphatic heterocycles. The van der Waals surface area contributed by atoms with E-state index in [9.17, 15) is 0 Å². The zero-order valence-electron chi connectivity index (χ0n) is 19.1. The van der Waals surface area contributed by atoms with E-state index in [2.05, 4.69) is 66.5 Å². The number of aromatic nitrogens is 1. The van der Waals surface area contributed by atoms with E-state index < -0.39 is 0 Å². The van der Waals surface area contributed by atoms with Crippen molar-refractivity contribution in [1.82, 2.24) is 4.98 Å². The molecule has 0 bridgehead atoms. The molecule has 0 radical (unpaired) electrons. The Labute approximate surface area is 188 Å². The first-order valence-electron chi connectivity index (χ1n) is 12.1. The predicted molar refractivity (Wildman–Crippen MR) is 134 cm³/mol. The molecule has 0 amide bonds. The Bertz CT molecular complexity index is 913. The van der Waals surface area contributed by atoms with Crippen LogP contribution in [0.25, 0.3) is 23.1 Å². The van der Waals surface area contributed by atoms with Crippen LogP contribution in [0, 0.1) is 0 Å². The smallest absolute Gasteiger partial charge is 0.119 e. The van der Waals surface area contributed by atoms with Gasteiger partial charge in [-0.2, -0.15) is 0 Å². The van der Waals surface area contributed by atoms with E-state index in [1.807, 2.05) is 18.2 Å². The summed E-state index contributed by atoms with van der Waals surface area (Å²) in [6, 6.07) is 20.7. The Morgan fingerprint density at radius 2 is 1.35 bits per heavy atom. The van der Waals surface area contributed by atoms with Crippen molar-refractivity contribution >= 4 is 23.1 Å². The van der Waals surface area contributed by atoms with Gasteiger partial charge < -0.3 is 4.74 Å². The van der Waals surface area contributed by atoms with Crippen LogP contribution < -0.4 is 4.74 Å². The van der Waals surface area contributed by atoms with Crippen LogP contribution >= 0.6 is 0 Å². The number of nitrogens with zero attached hydrogens (tertiary/aromatic N) is 1. The van der Waals surface area contributed by atoms with Gasteiger partial charge in [0.25, 0.3) is 0 Å². The maximum atomic E-state index is 5.91. The highest BCUT2D eigenvalue weighted by Gasteiger charge is 1.97. The predicted octanol–water partition coefficient (Wildman–Crippen LogP) is 8.70. The van der Waals surface area contributed by atoms with Gasteiger partial charge in [0, 0.05) is 5.39 Å². The third-order valence-corrected chi connectivity index (χ3v) is 5.71. The van der Waals surface area contributed by atoms with Crippen molar-refractivity contribution in [2.75, 3.05) is 6.61 Å². The summed E-state index contributed by atoms with van der Waals surface area (Å²) in [7, 11) is 0. The highest BCUT2D eigenvalue weighted by atomic mass is 16.5. The van der Waals surface area contributed by atoms with Gasteiger partial charge in [0.2, 0.25) is 0 Å². The van der Waals surface area contributed by atoms with Gasteiger partial charge in [-0.15, -0.1) is 0 Å². The Kier molecular flexibility index (Phi) is 10.2. The molecule has 0 aliphatic rings. The van der Waals surface area contributed by atoms with Crippen molar-refractivity contribution in [2.45, 2.75) is 71.1 Å². The van der Waals surface area contributed by atoms with Gasteiger partial charge in [-0.3, -0.25) is 0 Å². The zero-order chi connectivity index (χ0) is 21.6. The van der Waals surface area contributed by atoms with Crippen molar-refractivity contribution < 1.29 is 4.74 Å². The van der Waals surface area contributed by atoms with Crippen LogP contribution in [-0.4, -0.2) is 11.6 Å². The summed E-state index contributed by atoms with van der Waals surface area (Å²) >= 11 is 0. The molecule has 31 heavy (non-hydrogen) atoms. The minimum Gasteiger partial charge on any atom is -0.494 e. The first-order valence-corrected chi connectivity index (χ1v) is 12.1. The van der Waals surface area contributed by atoms with Crippen LogP contribution in [0.1, 0.15) is 82.4 Å². The van der Waals surface area contributed by atoms with E-state index >= 15 is 0 Å². The van der Waals surface area contributed by atoms with Crippen molar-refractivity contribution in [3.8, 4) is 5.75 Å². The normalized spacial score (nSPS) is 11.4. The van der Waals surface area contributed by atoms with Gasteiger partial charge in [-0.05, 0) is 42.3 Å². The summed E-state index contributed by atoms with van der Waals surface area (Å²) in [5.41, 5.74) is 3.15. The number of para-hydroxylation sites is 1. The van der Waals surface area contributed by atoms with Crippen LogP contribution in [0.3, 0.4) is 0 Å². The van der Waals surface area contributed by atoms with E-state index in [4.69, 9.17) is 4.74 Å². The van der Waals surface area contributed by atoms with Crippen LogP contribution in [0.4, 0.5) is 0 Å². The van der Waals surface area contributed by atoms with Crippen LogP contribution in [0.5, 0.6) is 5.75 Å². The Hall–Kier alpha value is -2.61. The quantitative estimate of drug-likeness (QED) is 0.246. The number of rotatable bonds is 14. The van der Waals surface area contributed by atoms with Gasteiger partial charge in [-0.25, -0.2) is 4.98 Å². The monoisotopic (exact) mass is 415 g/mol. The Balaban J connectivity index is 1.31. The van der Waals surface area contributed by atoms with E-state index in [-0.39, 0.29) is 0 Å². The molecule has 0 atom stereocenters. The first kappa shape index (κ1) is 23.1. The average molecular weight is 416 g/mol. The molecular formula is C29H37NO. The van der Waals surface area contributed by atoms with E-state index in [1.165, 1.54) is 63.2 Å². The summed E-state index contributed by atoms with van der Waals surface area (Å²) in [5, 5.41) is 1.17. The molecule has 164 valence electrons. The summed E-state index contributed by atoms with van der Waals surface area (Å²) in [5.74, 6) is 0.955. The second-order valence-corrected chi connectivity index (χ2v) is 8.36. The van der Waals surface area contributed by atoms with Crippen molar-refractivity contribution in [1.29, 1.82) is 0 Å². The first-order chi connectivity index (χ1) is 15.3. The van der Waals surface area contributed by atoms with E-state index in [0.29, 0.717) is 0 Å². The molecule has 1 aromatic heterocycles. The molecule has 2 heteroatoms. The molecule has 0 fully saturated rings. The fourth-order valence-corrected chi connectivity index (χ4v) is 3.81. The number of pyridine rings is 1. The molecule has 1 heterocycles. The highest BCUT2D eigenvalue weighted by molar-refractivity contribution is 5.80. The fraction of sp³-hybridized carbons (Fsp3) is 0.414. The van der Waals surface area contributed by atoms with E-state index in [1.54, 1.807) is 0 Å². The molecule has 3 aromatic rings. The number of fused-ring (bicyclic) bond motifs is 1. The van der Waals surface area contributed by atoms with Gasteiger partial charge in [0.1, 0.15) is 5.75 Å².